The fourth-order valence-corrected chi connectivity index (χ4v) is 4.04. The number of hydrogen-bond acceptors (Lipinski definition) is 3. The van der Waals surface area contributed by atoms with Gasteiger partial charge in [-0.2, -0.15) is 0 Å². The van der Waals surface area contributed by atoms with Crippen LogP contribution in [0.5, 0.6) is 0 Å². The third-order valence-corrected chi connectivity index (χ3v) is 5.27. The molecule has 160 valence electrons. The van der Waals surface area contributed by atoms with Crippen molar-refractivity contribution in [3.8, 4) is 11.1 Å². The molecular weight excluding hydrogens is 385 g/mol. The molecule has 1 aromatic carbocycles. The summed E-state index contributed by atoms with van der Waals surface area (Å²) in [4.78, 5) is 10.7. The summed E-state index contributed by atoms with van der Waals surface area (Å²) in [5.74, 6) is -1.40. The lowest BCUT2D eigenvalue weighted by molar-refractivity contribution is -0.139. The molecule has 6 heteroatoms. The molecule has 0 fully saturated rings. The lowest BCUT2D eigenvalue weighted by Crippen LogP contribution is -2.19. The van der Waals surface area contributed by atoms with Gasteiger partial charge in [0, 0.05) is 29.4 Å². The highest BCUT2D eigenvalue weighted by Crippen LogP contribution is 2.39. The molecule has 3 N–H and O–H groups in total. The van der Waals surface area contributed by atoms with E-state index < -0.39 is 24.6 Å². The first-order chi connectivity index (χ1) is 14.3. The Balaban J connectivity index is 2.03. The average Bonchev–Trinajstić information content (AvgIpc) is 3.00. The van der Waals surface area contributed by atoms with Gasteiger partial charge in [-0.1, -0.05) is 24.3 Å². The van der Waals surface area contributed by atoms with Crippen LogP contribution >= 0.6 is 0 Å². The number of carboxylic acids is 1. The van der Waals surface area contributed by atoms with E-state index in [2.05, 4.69) is 30.6 Å². The maximum Gasteiger partial charge on any atom is 0.305 e. The predicted molar refractivity (Wildman–Crippen MR) is 115 cm³/mol. The van der Waals surface area contributed by atoms with Crippen molar-refractivity contribution in [2.24, 2.45) is 0 Å². The Hall–Kier alpha value is -2.70. The third-order valence-electron chi connectivity index (χ3n) is 5.27. The van der Waals surface area contributed by atoms with E-state index in [9.17, 15) is 19.4 Å². The topological polar surface area (TPSA) is 82.7 Å². The van der Waals surface area contributed by atoms with Gasteiger partial charge >= 0.3 is 5.97 Å². The van der Waals surface area contributed by atoms with Crippen LogP contribution in [0.2, 0.25) is 0 Å². The second kappa shape index (κ2) is 9.41. The quantitative estimate of drug-likeness (QED) is 0.598. The van der Waals surface area contributed by atoms with Crippen LogP contribution in [0.1, 0.15) is 56.1 Å². The molecule has 0 amide bonds. The zero-order valence-electron chi connectivity index (χ0n) is 17.3. The molecule has 0 aliphatic heterocycles. The van der Waals surface area contributed by atoms with Crippen molar-refractivity contribution >= 4 is 18.1 Å². The maximum absolute atomic E-state index is 13.5. The van der Waals surface area contributed by atoms with Crippen molar-refractivity contribution in [1.82, 2.24) is 4.57 Å². The lowest BCUT2D eigenvalue weighted by atomic mass is 9.94. The fraction of sp³-hybridized carbons (Fsp3) is 0.375. The van der Waals surface area contributed by atoms with Crippen LogP contribution in [0, 0.1) is 5.82 Å². The lowest BCUT2D eigenvalue weighted by Gasteiger charge is -2.16. The summed E-state index contributed by atoms with van der Waals surface area (Å²) < 4.78 is 15.7. The van der Waals surface area contributed by atoms with Crippen molar-refractivity contribution in [1.29, 1.82) is 0 Å². The molecule has 0 spiro atoms. The summed E-state index contributed by atoms with van der Waals surface area (Å²) in [6, 6.07) is 6.57. The molecule has 1 aliphatic carbocycles. The number of carbonyl (C=O) groups is 1. The molecule has 2 aromatic rings. The molecule has 2 atom stereocenters. The number of aliphatic hydroxyl groups excluding tert-OH is 2. The highest BCUT2D eigenvalue weighted by molar-refractivity contribution is 5.82. The van der Waals surface area contributed by atoms with Gasteiger partial charge in [0.05, 0.1) is 18.6 Å². The van der Waals surface area contributed by atoms with Crippen LogP contribution in [0.3, 0.4) is 0 Å². The van der Waals surface area contributed by atoms with Gasteiger partial charge in [-0.25, -0.2) is 4.39 Å². The molecule has 0 saturated heterocycles. The van der Waals surface area contributed by atoms with E-state index in [0.717, 1.165) is 35.4 Å². The number of benzene rings is 1. The molecule has 0 radical (unpaired) electrons. The molecular formula is C24H28FNO4. The van der Waals surface area contributed by atoms with E-state index in [1.165, 1.54) is 17.7 Å². The van der Waals surface area contributed by atoms with E-state index in [-0.39, 0.29) is 18.3 Å². The maximum atomic E-state index is 13.5. The van der Waals surface area contributed by atoms with Gasteiger partial charge in [-0.3, -0.25) is 4.79 Å². The first-order valence-corrected chi connectivity index (χ1v) is 10.2. The highest BCUT2D eigenvalue weighted by atomic mass is 19.1. The minimum absolute atomic E-state index is 0.0588. The van der Waals surface area contributed by atoms with E-state index >= 15 is 0 Å². The number of halogens is 1. The van der Waals surface area contributed by atoms with Crippen LogP contribution in [0.4, 0.5) is 4.39 Å². The van der Waals surface area contributed by atoms with E-state index in [4.69, 9.17) is 5.11 Å². The minimum Gasteiger partial charge on any atom is -0.481 e. The molecule has 0 bridgehead atoms. The summed E-state index contributed by atoms with van der Waals surface area (Å²) >= 11 is 0. The first-order valence-electron chi connectivity index (χ1n) is 10.2. The zero-order valence-corrected chi connectivity index (χ0v) is 17.3. The van der Waals surface area contributed by atoms with Crippen molar-refractivity contribution in [2.75, 3.05) is 0 Å². The van der Waals surface area contributed by atoms with Gasteiger partial charge in [0.1, 0.15) is 5.82 Å². The molecule has 1 aromatic heterocycles. The highest BCUT2D eigenvalue weighted by Gasteiger charge is 2.24. The van der Waals surface area contributed by atoms with Gasteiger partial charge < -0.3 is 19.9 Å². The Morgan fingerprint density at radius 1 is 1.23 bits per heavy atom. The Kier molecular flexibility index (Phi) is 6.90. The average molecular weight is 413 g/mol. The number of fused-ring (bicyclic) bond motifs is 1. The van der Waals surface area contributed by atoms with Gasteiger partial charge in [-0.05, 0) is 62.1 Å². The Morgan fingerprint density at radius 3 is 2.57 bits per heavy atom. The molecule has 5 nitrogen and oxygen atoms in total. The van der Waals surface area contributed by atoms with Crippen LogP contribution < -0.4 is 0 Å². The number of aliphatic carboxylic acids is 1. The van der Waals surface area contributed by atoms with Gasteiger partial charge in [0.25, 0.3) is 0 Å². The molecule has 1 aliphatic rings. The summed E-state index contributed by atoms with van der Waals surface area (Å²) in [5.41, 5.74) is 5.12. The normalized spacial score (nSPS) is 15.5. The van der Waals surface area contributed by atoms with Crippen molar-refractivity contribution < 1.29 is 24.5 Å². The summed E-state index contributed by atoms with van der Waals surface area (Å²) in [7, 11) is 0. The second-order valence-corrected chi connectivity index (χ2v) is 7.95. The largest absolute Gasteiger partial charge is 0.481 e. The molecule has 30 heavy (non-hydrogen) atoms. The first kappa shape index (κ1) is 22.0. The van der Waals surface area contributed by atoms with E-state index in [0.29, 0.717) is 0 Å². The van der Waals surface area contributed by atoms with Crippen molar-refractivity contribution in [3.63, 3.8) is 0 Å². The smallest absolute Gasteiger partial charge is 0.305 e. The Labute approximate surface area is 175 Å². The molecule has 0 saturated carbocycles. The second-order valence-electron chi connectivity index (χ2n) is 7.95. The van der Waals surface area contributed by atoms with Crippen LogP contribution in [0.25, 0.3) is 23.3 Å². The third kappa shape index (κ3) is 4.89. The van der Waals surface area contributed by atoms with Crippen molar-refractivity contribution in [3.05, 3.63) is 59.2 Å². The number of carboxylic acid groups (broad SMARTS) is 1. The zero-order chi connectivity index (χ0) is 21.8. The predicted octanol–water partition coefficient (Wildman–Crippen LogP) is 4.43. The monoisotopic (exact) mass is 413 g/mol. The van der Waals surface area contributed by atoms with E-state index in [1.807, 2.05) is 6.08 Å². The number of nitrogens with zero attached hydrogens (tertiary/aromatic N) is 1. The number of aromatic nitrogens is 1. The standard InChI is InChI=1S/C24H28FNO4/c1-15(2)26-21-6-4-3-5-20(21)24(16-7-9-17(25)10-8-16)22(26)12-11-18(27)13-19(28)14-23(29)30/h4,6-12,15,18-19,27-28H,3,5,13-14H2,1-2H3,(H,29,30)/b12-11+/t18-,19-/m1/s1. The fourth-order valence-electron chi connectivity index (χ4n) is 4.04. The Bertz CT molecular complexity index is 957. The van der Waals surface area contributed by atoms with Crippen LogP contribution in [-0.2, 0) is 11.2 Å². The summed E-state index contributed by atoms with van der Waals surface area (Å²) in [5, 5.41) is 28.9. The van der Waals surface area contributed by atoms with Gasteiger partial charge in [0.2, 0.25) is 0 Å². The number of allylic oxidation sites excluding steroid dienone is 1. The summed E-state index contributed by atoms with van der Waals surface area (Å²) in [6.45, 7) is 4.17. The molecule has 3 rings (SSSR count). The minimum atomic E-state index is -1.12. The van der Waals surface area contributed by atoms with Gasteiger partial charge in [-0.15, -0.1) is 0 Å². The van der Waals surface area contributed by atoms with Crippen LogP contribution in [0.15, 0.2) is 36.4 Å². The number of rotatable bonds is 8. The Morgan fingerprint density at radius 2 is 1.93 bits per heavy atom. The van der Waals surface area contributed by atoms with Crippen molar-refractivity contribution in [2.45, 2.75) is 57.8 Å². The van der Waals surface area contributed by atoms with Crippen LogP contribution in [-0.4, -0.2) is 38.1 Å². The number of hydrogen-bond donors (Lipinski definition) is 3. The van der Waals surface area contributed by atoms with Gasteiger partial charge in [0.15, 0.2) is 0 Å². The molecule has 0 unspecified atom stereocenters. The SMILES string of the molecule is CC(C)n1c2c(c(-c3ccc(F)cc3)c1/C=C/[C@@H](O)C[C@@H](O)CC(=O)O)CCC=C2. The molecule has 1 heterocycles. The van der Waals surface area contributed by atoms with E-state index in [1.54, 1.807) is 18.2 Å². The number of aliphatic hydroxyl groups is 2. The summed E-state index contributed by atoms with van der Waals surface area (Å²) in [6.07, 6.45) is 6.88.